The molecule has 2 aromatic rings. The summed E-state index contributed by atoms with van der Waals surface area (Å²) in [6.45, 7) is 2.22. The highest BCUT2D eigenvalue weighted by Gasteiger charge is 2.61. The SMILES string of the molecule is C[C@]12C[C@H](c3ccc(-c4ccoc4)cc3)C3=C4CCC(=O)C=C4CCC3C1CC[C@@]2(O)/C=C\CO. The first-order chi connectivity index (χ1) is 16.9. The molecule has 1 heterocycles. The van der Waals surface area contributed by atoms with Crippen molar-refractivity contribution >= 4 is 5.78 Å². The Balaban J connectivity index is 1.47. The fourth-order valence-electron chi connectivity index (χ4n) is 7.86. The van der Waals surface area contributed by atoms with E-state index >= 15 is 0 Å². The second-order valence-corrected chi connectivity index (χ2v) is 11.2. The zero-order valence-electron chi connectivity index (χ0n) is 20.4. The first-order valence-corrected chi connectivity index (χ1v) is 13.0. The lowest BCUT2D eigenvalue weighted by Crippen LogP contribution is -2.50. The molecule has 0 spiro atoms. The van der Waals surface area contributed by atoms with Gasteiger partial charge in [0.05, 0.1) is 24.7 Å². The fourth-order valence-corrected chi connectivity index (χ4v) is 7.86. The highest BCUT2D eigenvalue weighted by atomic mass is 16.3. The monoisotopic (exact) mass is 470 g/mol. The molecule has 0 amide bonds. The number of rotatable bonds is 4. The number of aliphatic hydroxyl groups excluding tert-OH is 1. The van der Waals surface area contributed by atoms with Gasteiger partial charge in [0.1, 0.15) is 0 Å². The van der Waals surface area contributed by atoms with E-state index in [-0.39, 0.29) is 23.7 Å². The van der Waals surface area contributed by atoms with Gasteiger partial charge in [-0.15, -0.1) is 0 Å². The molecule has 6 rings (SSSR count). The summed E-state index contributed by atoms with van der Waals surface area (Å²) in [6, 6.07) is 10.8. The second-order valence-electron chi connectivity index (χ2n) is 11.2. The minimum absolute atomic E-state index is 0.0527. The molecular formula is C31H34O4. The molecule has 4 nitrogen and oxygen atoms in total. The lowest BCUT2D eigenvalue weighted by Gasteiger charge is -2.54. The molecule has 4 heteroatoms. The average molecular weight is 471 g/mol. The van der Waals surface area contributed by atoms with Crippen LogP contribution in [0.5, 0.6) is 0 Å². The van der Waals surface area contributed by atoms with Crippen molar-refractivity contribution in [2.75, 3.05) is 6.61 Å². The number of hydrogen-bond acceptors (Lipinski definition) is 4. The summed E-state index contributed by atoms with van der Waals surface area (Å²) in [7, 11) is 0. The highest BCUT2D eigenvalue weighted by molar-refractivity contribution is 5.93. The molecule has 0 radical (unpaired) electrons. The highest BCUT2D eigenvalue weighted by Crippen LogP contribution is 2.67. The Kier molecular flexibility index (Phi) is 5.50. The summed E-state index contributed by atoms with van der Waals surface area (Å²) in [4.78, 5) is 12.2. The number of aliphatic hydroxyl groups is 2. The summed E-state index contributed by atoms with van der Waals surface area (Å²) >= 11 is 0. The summed E-state index contributed by atoms with van der Waals surface area (Å²) in [5, 5.41) is 21.3. The van der Waals surface area contributed by atoms with Gasteiger partial charge in [-0.3, -0.25) is 4.79 Å². The quantitative estimate of drug-likeness (QED) is 0.528. The van der Waals surface area contributed by atoms with Gasteiger partial charge in [0.25, 0.3) is 0 Å². The summed E-state index contributed by atoms with van der Waals surface area (Å²) in [6.07, 6.45) is 15.0. The average Bonchev–Trinajstić information content (AvgIpc) is 3.49. The van der Waals surface area contributed by atoms with E-state index in [1.165, 1.54) is 22.3 Å². The van der Waals surface area contributed by atoms with Crippen LogP contribution >= 0.6 is 0 Å². The zero-order chi connectivity index (χ0) is 24.2. The number of ketones is 1. The van der Waals surface area contributed by atoms with Crippen molar-refractivity contribution in [3.05, 3.63) is 83.4 Å². The maximum atomic E-state index is 12.2. The third-order valence-corrected chi connectivity index (χ3v) is 9.62. The van der Waals surface area contributed by atoms with Crippen LogP contribution in [-0.4, -0.2) is 28.2 Å². The van der Waals surface area contributed by atoms with Crippen molar-refractivity contribution in [1.29, 1.82) is 0 Å². The second kappa shape index (κ2) is 8.46. The van der Waals surface area contributed by atoms with Gasteiger partial charge >= 0.3 is 0 Å². The molecule has 5 atom stereocenters. The van der Waals surface area contributed by atoms with E-state index in [1.807, 2.05) is 18.2 Å². The third kappa shape index (κ3) is 3.53. The molecule has 0 aliphatic heterocycles. The maximum Gasteiger partial charge on any atom is 0.156 e. The van der Waals surface area contributed by atoms with Gasteiger partial charge in [-0.25, -0.2) is 0 Å². The van der Waals surface area contributed by atoms with Gasteiger partial charge in [-0.1, -0.05) is 48.9 Å². The minimum Gasteiger partial charge on any atom is -0.472 e. The fraction of sp³-hybridized carbons (Fsp3) is 0.452. The summed E-state index contributed by atoms with van der Waals surface area (Å²) in [5.74, 6) is 1.29. The van der Waals surface area contributed by atoms with Crippen molar-refractivity contribution in [1.82, 2.24) is 0 Å². The molecule has 2 fully saturated rings. The molecule has 182 valence electrons. The molecule has 0 saturated heterocycles. The summed E-state index contributed by atoms with van der Waals surface area (Å²) in [5.41, 5.74) is 6.51. The van der Waals surface area contributed by atoms with E-state index in [2.05, 4.69) is 31.2 Å². The number of hydrogen-bond donors (Lipinski definition) is 2. The Labute approximate surface area is 207 Å². The molecule has 4 aliphatic rings. The van der Waals surface area contributed by atoms with E-state index in [0.29, 0.717) is 18.3 Å². The van der Waals surface area contributed by atoms with Crippen LogP contribution in [0.1, 0.15) is 63.4 Å². The van der Waals surface area contributed by atoms with Gasteiger partial charge in [-0.05, 0) is 84.8 Å². The van der Waals surface area contributed by atoms with Crippen LogP contribution in [0.4, 0.5) is 0 Å². The van der Waals surface area contributed by atoms with E-state index in [0.717, 1.165) is 49.7 Å². The first-order valence-electron chi connectivity index (χ1n) is 13.0. The molecule has 0 bridgehead atoms. The van der Waals surface area contributed by atoms with E-state index in [9.17, 15) is 15.0 Å². The van der Waals surface area contributed by atoms with Gasteiger partial charge in [0.15, 0.2) is 5.78 Å². The molecule has 2 saturated carbocycles. The van der Waals surface area contributed by atoms with Crippen molar-refractivity contribution < 1.29 is 19.4 Å². The van der Waals surface area contributed by atoms with Crippen LogP contribution in [0.2, 0.25) is 0 Å². The molecule has 1 aromatic carbocycles. The Morgan fingerprint density at radius 3 is 2.66 bits per heavy atom. The van der Waals surface area contributed by atoms with Crippen LogP contribution in [-0.2, 0) is 4.79 Å². The number of benzene rings is 1. The van der Waals surface area contributed by atoms with Gasteiger partial charge < -0.3 is 14.6 Å². The smallest absolute Gasteiger partial charge is 0.156 e. The lowest BCUT2D eigenvalue weighted by molar-refractivity contribution is -0.114. The van der Waals surface area contributed by atoms with Crippen LogP contribution in [0.15, 0.2) is 82.2 Å². The number of carbonyl (C=O) groups is 1. The van der Waals surface area contributed by atoms with Crippen molar-refractivity contribution in [2.45, 2.75) is 63.4 Å². The normalized spacial score (nSPS) is 34.5. The topological polar surface area (TPSA) is 70.7 Å². The molecule has 1 aromatic heterocycles. The zero-order valence-corrected chi connectivity index (χ0v) is 20.4. The van der Waals surface area contributed by atoms with Crippen molar-refractivity contribution in [3.63, 3.8) is 0 Å². The summed E-state index contributed by atoms with van der Waals surface area (Å²) < 4.78 is 5.28. The standard InChI is InChI=1S/C31H34O4/c1-30-18-27(21-5-3-20(4-6-21)23-12-16-35-19-23)29-25-10-8-24(33)17-22(25)7-9-26(29)28(30)11-14-31(30,34)13-2-15-32/h2-6,12-13,16-17,19,26-28,32,34H,7-11,14-15,18H2,1H3/b13-2-/t26?,27-,28?,30+,31+/m1/s1. The minimum atomic E-state index is -0.912. The number of carbonyl (C=O) groups excluding carboxylic acids is 1. The Hall–Kier alpha value is -2.69. The van der Waals surface area contributed by atoms with Crippen LogP contribution in [0, 0.1) is 17.3 Å². The number of allylic oxidation sites excluding steroid dienone is 4. The molecule has 35 heavy (non-hydrogen) atoms. The molecule has 2 unspecified atom stereocenters. The van der Waals surface area contributed by atoms with Gasteiger partial charge in [0.2, 0.25) is 0 Å². The van der Waals surface area contributed by atoms with Gasteiger partial charge in [0, 0.05) is 23.3 Å². The van der Waals surface area contributed by atoms with E-state index in [1.54, 1.807) is 18.6 Å². The Morgan fingerprint density at radius 2 is 1.91 bits per heavy atom. The Morgan fingerprint density at radius 1 is 1.09 bits per heavy atom. The van der Waals surface area contributed by atoms with E-state index in [4.69, 9.17) is 4.42 Å². The predicted molar refractivity (Wildman–Crippen MR) is 136 cm³/mol. The molecule has 4 aliphatic carbocycles. The molecular weight excluding hydrogens is 436 g/mol. The van der Waals surface area contributed by atoms with E-state index < -0.39 is 5.60 Å². The first kappa shape index (κ1) is 22.8. The van der Waals surface area contributed by atoms with Crippen molar-refractivity contribution in [2.24, 2.45) is 17.3 Å². The number of fused-ring (bicyclic) bond motifs is 4. The largest absolute Gasteiger partial charge is 0.472 e. The predicted octanol–water partition coefficient (Wildman–Crippen LogP) is 6.13. The lowest BCUT2D eigenvalue weighted by atomic mass is 9.51. The van der Waals surface area contributed by atoms with Crippen molar-refractivity contribution in [3.8, 4) is 11.1 Å². The number of furan rings is 1. The Bertz CT molecular complexity index is 1220. The third-order valence-electron chi connectivity index (χ3n) is 9.62. The van der Waals surface area contributed by atoms with Crippen LogP contribution < -0.4 is 0 Å². The van der Waals surface area contributed by atoms with Gasteiger partial charge in [-0.2, -0.15) is 0 Å². The maximum absolute atomic E-state index is 12.2. The van der Waals surface area contributed by atoms with Crippen LogP contribution in [0.3, 0.4) is 0 Å². The van der Waals surface area contributed by atoms with Crippen LogP contribution in [0.25, 0.3) is 11.1 Å². The molecule has 2 N–H and O–H groups in total.